The van der Waals surface area contributed by atoms with E-state index in [2.05, 4.69) is 10.6 Å². The lowest BCUT2D eigenvalue weighted by Crippen LogP contribution is -2.26. The first kappa shape index (κ1) is 15.6. The largest absolute Gasteiger partial charge is 0.389 e. The zero-order chi connectivity index (χ0) is 14.5. The molecule has 106 valence electrons. The van der Waals surface area contributed by atoms with Crippen LogP contribution in [-0.2, 0) is 0 Å². The second-order valence-corrected chi connectivity index (χ2v) is 4.35. The second-order valence-electron chi connectivity index (χ2n) is 3.91. The lowest BCUT2D eigenvalue weighted by Gasteiger charge is -2.11. The van der Waals surface area contributed by atoms with Crippen LogP contribution in [0.15, 0.2) is 18.2 Å². The molecule has 1 aromatic carbocycles. The number of hydrogen-bond acceptors (Lipinski definition) is 2. The van der Waals surface area contributed by atoms with Crippen LogP contribution in [0.5, 0.6) is 0 Å². The molecular weight excluding hydrogens is 281 g/mol. The zero-order valence-electron chi connectivity index (χ0n) is 10.3. The van der Waals surface area contributed by atoms with Crippen LogP contribution in [0.1, 0.15) is 23.2 Å². The predicted molar refractivity (Wildman–Crippen MR) is 68.6 cm³/mol. The number of carbonyl (C=O) groups is 1. The fourth-order valence-electron chi connectivity index (χ4n) is 1.51. The van der Waals surface area contributed by atoms with Gasteiger partial charge in [0, 0.05) is 30.7 Å². The number of amides is 1. The number of rotatable bonds is 5. The first-order valence-electron chi connectivity index (χ1n) is 5.66. The normalized spacial score (nSPS) is 11.2. The second kappa shape index (κ2) is 6.65. The van der Waals surface area contributed by atoms with E-state index in [1.807, 2.05) is 0 Å². The molecule has 2 N–H and O–H groups in total. The Morgan fingerprint density at radius 2 is 2.05 bits per heavy atom. The maximum atomic E-state index is 11.9. The highest BCUT2D eigenvalue weighted by atomic mass is 35.5. The first-order valence-corrected chi connectivity index (χ1v) is 6.03. The molecule has 0 fully saturated rings. The summed E-state index contributed by atoms with van der Waals surface area (Å²) < 4.78 is 35.8. The van der Waals surface area contributed by atoms with Crippen LogP contribution < -0.4 is 10.6 Å². The van der Waals surface area contributed by atoms with E-state index < -0.39 is 18.5 Å². The number of alkyl halides is 3. The number of benzene rings is 1. The molecular formula is C12H14ClF3N2O. The summed E-state index contributed by atoms with van der Waals surface area (Å²) in [7, 11) is 1.64. The van der Waals surface area contributed by atoms with E-state index in [4.69, 9.17) is 11.6 Å². The standard InChI is InChI=1S/C12H14ClF3N2O/c1-17-10-4-3-8(13)7-9(10)11(19)18-6-2-5-12(14,15)16/h3-4,7,17H,2,5-6H2,1H3,(H,18,19). The number of halogens is 4. The van der Waals surface area contributed by atoms with Crippen LogP contribution in [0.25, 0.3) is 0 Å². The summed E-state index contributed by atoms with van der Waals surface area (Å²) in [6, 6.07) is 4.72. The Kier molecular flexibility index (Phi) is 5.47. The molecule has 0 radical (unpaired) electrons. The molecule has 19 heavy (non-hydrogen) atoms. The van der Waals surface area contributed by atoms with Crippen LogP contribution in [0.4, 0.5) is 18.9 Å². The van der Waals surface area contributed by atoms with E-state index in [-0.39, 0.29) is 13.0 Å². The molecule has 0 aromatic heterocycles. The fraction of sp³-hybridized carbons (Fsp3) is 0.417. The molecule has 3 nitrogen and oxygen atoms in total. The molecule has 0 spiro atoms. The highest BCUT2D eigenvalue weighted by Crippen LogP contribution is 2.22. The van der Waals surface area contributed by atoms with Gasteiger partial charge in [-0.1, -0.05) is 11.6 Å². The number of hydrogen-bond donors (Lipinski definition) is 2. The maximum absolute atomic E-state index is 11.9. The minimum atomic E-state index is -4.20. The van der Waals surface area contributed by atoms with E-state index in [1.54, 1.807) is 19.2 Å². The van der Waals surface area contributed by atoms with Gasteiger partial charge in [-0.2, -0.15) is 13.2 Å². The molecule has 1 amide bonds. The summed E-state index contributed by atoms with van der Waals surface area (Å²) in [4.78, 5) is 11.8. The Morgan fingerprint density at radius 1 is 1.37 bits per heavy atom. The lowest BCUT2D eigenvalue weighted by molar-refractivity contribution is -0.135. The van der Waals surface area contributed by atoms with Crippen LogP contribution >= 0.6 is 11.6 Å². The van der Waals surface area contributed by atoms with Crippen molar-refractivity contribution in [2.45, 2.75) is 19.0 Å². The summed E-state index contributed by atoms with van der Waals surface area (Å²) in [6.45, 7) is -0.0337. The number of nitrogens with one attached hydrogen (secondary N) is 2. The predicted octanol–water partition coefficient (Wildman–Crippen LogP) is 3.45. The lowest BCUT2D eigenvalue weighted by atomic mass is 10.1. The van der Waals surface area contributed by atoms with Crippen molar-refractivity contribution in [2.75, 3.05) is 18.9 Å². The van der Waals surface area contributed by atoms with Gasteiger partial charge in [-0.3, -0.25) is 4.79 Å². The van der Waals surface area contributed by atoms with Crippen LogP contribution in [0.3, 0.4) is 0 Å². The Morgan fingerprint density at radius 3 is 2.63 bits per heavy atom. The average Bonchev–Trinajstić information content (AvgIpc) is 2.33. The first-order chi connectivity index (χ1) is 8.83. The van der Waals surface area contributed by atoms with Crippen molar-refractivity contribution in [2.24, 2.45) is 0 Å². The molecule has 0 heterocycles. The zero-order valence-corrected chi connectivity index (χ0v) is 11.0. The molecule has 1 rings (SSSR count). The van der Waals surface area contributed by atoms with Crippen molar-refractivity contribution in [1.29, 1.82) is 0 Å². The van der Waals surface area contributed by atoms with Gasteiger partial charge >= 0.3 is 6.18 Å². The Labute approximate surface area is 114 Å². The molecule has 0 aliphatic heterocycles. The molecule has 0 bridgehead atoms. The fourth-order valence-corrected chi connectivity index (χ4v) is 1.68. The summed E-state index contributed by atoms with van der Waals surface area (Å²) >= 11 is 5.78. The SMILES string of the molecule is CNc1ccc(Cl)cc1C(=O)NCCCC(F)(F)F. The van der Waals surface area contributed by atoms with Gasteiger partial charge < -0.3 is 10.6 Å². The molecule has 0 atom stereocenters. The summed E-state index contributed by atoms with van der Waals surface area (Å²) in [5.41, 5.74) is 0.875. The van der Waals surface area contributed by atoms with Crippen molar-refractivity contribution in [1.82, 2.24) is 5.32 Å². The van der Waals surface area contributed by atoms with Gasteiger partial charge in [0.25, 0.3) is 5.91 Å². The van der Waals surface area contributed by atoms with Crippen molar-refractivity contribution in [3.05, 3.63) is 28.8 Å². The smallest absolute Gasteiger partial charge is 0.387 e. The number of carbonyl (C=O) groups excluding carboxylic acids is 1. The molecule has 0 aliphatic rings. The van der Waals surface area contributed by atoms with Gasteiger partial charge in [0.1, 0.15) is 0 Å². The van der Waals surface area contributed by atoms with Crippen molar-refractivity contribution in [3.8, 4) is 0 Å². The van der Waals surface area contributed by atoms with E-state index >= 15 is 0 Å². The minimum Gasteiger partial charge on any atom is -0.387 e. The molecule has 1 aromatic rings. The average molecular weight is 295 g/mol. The van der Waals surface area contributed by atoms with Gasteiger partial charge in [-0.05, 0) is 24.6 Å². The van der Waals surface area contributed by atoms with Crippen LogP contribution in [0.2, 0.25) is 5.02 Å². The summed E-state index contributed by atoms with van der Waals surface area (Å²) in [5.74, 6) is -0.450. The maximum Gasteiger partial charge on any atom is 0.389 e. The van der Waals surface area contributed by atoms with Gasteiger partial charge in [-0.15, -0.1) is 0 Å². The third kappa shape index (κ3) is 5.38. The molecule has 0 unspecified atom stereocenters. The van der Waals surface area contributed by atoms with E-state index in [9.17, 15) is 18.0 Å². The Balaban J connectivity index is 2.56. The molecule has 0 saturated carbocycles. The molecule has 0 aliphatic carbocycles. The Hall–Kier alpha value is -1.43. The summed E-state index contributed by atoms with van der Waals surface area (Å²) in [6.07, 6.45) is -5.26. The van der Waals surface area contributed by atoms with Gasteiger partial charge in [0.15, 0.2) is 0 Å². The highest BCUT2D eigenvalue weighted by molar-refractivity contribution is 6.31. The van der Waals surface area contributed by atoms with Crippen molar-refractivity contribution >= 4 is 23.2 Å². The minimum absolute atomic E-state index is 0.0337. The van der Waals surface area contributed by atoms with Gasteiger partial charge in [0.2, 0.25) is 0 Å². The molecule has 0 saturated heterocycles. The number of anilines is 1. The Bertz CT molecular complexity index is 449. The third-order valence-electron chi connectivity index (χ3n) is 2.42. The van der Waals surface area contributed by atoms with E-state index in [1.165, 1.54) is 6.07 Å². The van der Waals surface area contributed by atoms with Crippen molar-refractivity contribution in [3.63, 3.8) is 0 Å². The topological polar surface area (TPSA) is 41.1 Å². The summed E-state index contributed by atoms with van der Waals surface area (Å²) in [5, 5.41) is 5.64. The van der Waals surface area contributed by atoms with E-state index in [0.29, 0.717) is 16.3 Å². The van der Waals surface area contributed by atoms with Crippen LogP contribution in [0, 0.1) is 0 Å². The van der Waals surface area contributed by atoms with Crippen molar-refractivity contribution < 1.29 is 18.0 Å². The quantitative estimate of drug-likeness (QED) is 0.817. The van der Waals surface area contributed by atoms with Gasteiger partial charge in [-0.25, -0.2) is 0 Å². The highest BCUT2D eigenvalue weighted by Gasteiger charge is 2.26. The monoisotopic (exact) mass is 294 g/mol. The van der Waals surface area contributed by atoms with E-state index in [0.717, 1.165) is 0 Å². The van der Waals surface area contributed by atoms with Gasteiger partial charge in [0.05, 0.1) is 5.56 Å². The molecule has 7 heteroatoms. The third-order valence-corrected chi connectivity index (χ3v) is 2.65. The van der Waals surface area contributed by atoms with Crippen LogP contribution in [-0.4, -0.2) is 25.7 Å².